The Hall–Kier alpha value is -1.95. The SMILES string of the molecule is CCOc1cc(/C=C(/C#N)C(=O)NC2CCCC2)cc(I)c1OCc1ccc(Cl)c(Cl)c1. The van der Waals surface area contributed by atoms with Gasteiger partial charge in [-0.3, -0.25) is 4.79 Å². The summed E-state index contributed by atoms with van der Waals surface area (Å²) in [6.07, 6.45) is 5.72. The lowest BCUT2D eigenvalue weighted by molar-refractivity contribution is -0.117. The minimum Gasteiger partial charge on any atom is -0.490 e. The van der Waals surface area contributed by atoms with Crippen molar-refractivity contribution in [3.63, 3.8) is 0 Å². The van der Waals surface area contributed by atoms with Crippen molar-refractivity contribution in [3.8, 4) is 17.6 Å². The molecule has 168 valence electrons. The molecule has 1 N–H and O–H groups in total. The molecule has 8 heteroatoms. The van der Waals surface area contributed by atoms with Gasteiger partial charge in [0, 0.05) is 6.04 Å². The summed E-state index contributed by atoms with van der Waals surface area (Å²) >= 11 is 14.2. The normalized spacial score (nSPS) is 14.2. The van der Waals surface area contributed by atoms with Crippen molar-refractivity contribution in [2.45, 2.75) is 45.3 Å². The number of nitrogens with zero attached hydrogens (tertiary/aromatic N) is 1. The number of hydrogen-bond donors (Lipinski definition) is 1. The monoisotopic (exact) mass is 584 g/mol. The highest BCUT2D eigenvalue weighted by atomic mass is 127. The van der Waals surface area contributed by atoms with E-state index in [-0.39, 0.29) is 24.1 Å². The fourth-order valence-corrected chi connectivity index (χ4v) is 4.61. The van der Waals surface area contributed by atoms with E-state index in [0.717, 1.165) is 34.8 Å². The van der Waals surface area contributed by atoms with Crippen molar-refractivity contribution in [3.05, 3.63) is 60.6 Å². The zero-order valence-corrected chi connectivity index (χ0v) is 21.3. The molecule has 0 aromatic heterocycles. The lowest BCUT2D eigenvalue weighted by Crippen LogP contribution is -2.33. The molecule has 0 heterocycles. The Morgan fingerprint density at radius 1 is 1.22 bits per heavy atom. The number of rotatable bonds is 8. The smallest absolute Gasteiger partial charge is 0.262 e. The molecule has 0 unspecified atom stereocenters. The number of nitrogens with one attached hydrogen (secondary N) is 1. The van der Waals surface area contributed by atoms with E-state index < -0.39 is 0 Å². The predicted molar refractivity (Wildman–Crippen MR) is 135 cm³/mol. The molecule has 0 spiro atoms. The van der Waals surface area contributed by atoms with Gasteiger partial charge in [-0.1, -0.05) is 42.1 Å². The first-order valence-corrected chi connectivity index (χ1v) is 12.2. The molecule has 1 aliphatic carbocycles. The lowest BCUT2D eigenvalue weighted by Gasteiger charge is -2.15. The van der Waals surface area contributed by atoms with Crippen LogP contribution in [0.1, 0.15) is 43.7 Å². The third kappa shape index (κ3) is 6.53. The van der Waals surface area contributed by atoms with Gasteiger partial charge < -0.3 is 14.8 Å². The van der Waals surface area contributed by atoms with Gasteiger partial charge in [0.15, 0.2) is 11.5 Å². The minimum atomic E-state index is -0.340. The summed E-state index contributed by atoms with van der Waals surface area (Å²) in [6, 6.07) is 11.1. The molecule has 1 saturated carbocycles. The fourth-order valence-electron chi connectivity index (χ4n) is 3.51. The second-order valence-corrected chi connectivity index (χ2v) is 9.40. The van der Waals surface area contributed by atoms with E-state index in [0.29, 0.717) is 33.7 Å². The van der Waals surface area contributed by atoms with Crippen LogP contribution < -0.4 is 14.8 Å². The number of amides is 1. The van der Waals surface area contributed by atoms with E-state index in [4.69, 9.17) is 32.7 Å². The summed E-state index contributed by atoms with van der Waals surface area (Å²) in [5.74, 6) is 0.788. The van der Waals surface area contributed by atoms with E-state index in [1.807, 2.05) is 25.1 Å². The molecule has 1 aliphatic rings. The first-order valence-electron chi connectivity index (χ1n) is 10.4. The van der Waals surface area contributed by atoms with Gasteiger partial charge in [-0.2, -0.15) is 5.26 Å². The van der Waals surface area contributed by atoms with Gasteiger partial charge >= 0.3 is 0 Å². The van der Waals surface area contributed by atoms with Gasteiger partial charge in [-0.25, -0.2) is 0 Å². The summed E-state index contributed by atoms with van der Waals surface area (Å²) < 4.78 is 12.6. The standard InChI is InChI=1S/C24H23Cl2IN2O3/c1-2-31-22-12-16(9-17(13-28)24(30)29-18-5-3-4-6-18)11-21(27)23(22)32-14-15-7-8-19(25)20(26)10-15/h7-12,18H,2-6,14H2,1H3,(H,29,30)/b17-9-. The molecule has 5 nitrogen and oxygen atoms in total. The number of benzene rings is 2. The summed E-state index contributed by atoms with van der Waals surface area (Å²) in [7, 11) is 0. The molecule has 1 fully saturated rings. The topological polar surface area (TPSA) is 71.3 Å². The van der Waals surface area contributed by atoms with Crippen LogP contribution in [0.25, 0.3) is 6.08 Å². The van der Waals surface area contributed by atoms with Crippen LogP contribution in [0.2, 0.25) is 10.0 Å². The number of carbonyl (C=O) groups excluding carboxylic acids is 1. The number of carbonyl (C=O) groups is 1. The Morgan fingerprint density at radius 3 is 2.62 bits per heavy atom. The predicted octanol–water partition coefficient (Wildman–Crippen LogP) is 6.54. The van der Waals surface area contributed by atoms with E-state index in [9.17, 15) is 10.1 Å². The van der Waals surface area contributed by atoms with Crippen LogP contribution in [0.15, 0.2) is 35.9 Å². The van der Waals surface area contributed by atoms with Crippen LogP contribution in [0.3, 0.4) is 0 Å². The molecule has 0 saturated heterocycles. The van der Waals surface area contributed by atoms with Crippen LogP contribution in [0.4, 0.5) is 0 Å². The molecule has 32 heavy (non-hydrogen) atoms. The van der Waals surface area contributed by atoms with Gasteiger partial charge in [0.2, 0.25) is 0 Å². The van der Waals surface area contributed by atoms with E-state index in [1.165, 1.54) is 0 Å². The van der Waals surface area contributed by atoms with Gasteiger partial charge in [0.25, 0.3) is 5.91 Å². The van der Waals surface area contributed by atoms with Crippen LogP contribution in [-0.4, -0.2) is 18.6 Å². The molecule has 0 radical (unpaired) electrons. The largest absolute Gasteiger partial charge is 0.490 e. The Labute approximate surface area is 211 Å². The van der Waals surface area contributed by atoms with Crippen molar-refractivity contribution in [2.24, 2.45) is 0 Å². The second-order valence-electron chi connectivity index (χ2n) is 7.42. The lowest BCUT2D eigenvalue weighted by atomic mass is 10.1. The zero-order chi connectivity index (χ0) is 23.1. The molecule has 3 rings (SSSR count). The van der Waals surface area contributed by atoms with Gasteiger partial charge in [0.1, 0.15) is 18.2 Å². The highest BCUT2D eigenvalue weighted by molar-refractivity contribution is 14.1. The number of hydrogen-bond acceptors (Lipinski definition) is 4. The van der Waals surface area contributed by atoms with Crippen molar-refractivity contribution >= 4 is 57.8 Å². The quantitative estimate of drug-likeness (QED) is 0.217. The molecule has 1 amide bonds. The average molecular weight is 585 g/mol. The Kier molecular flexibility index (Phi) is 9.09. The molecule has 0 atom stereocenters. The second kappa shape index (κ2) is 11.8. The van der Waals surface area contributed by atoms with Gasteiger partial charge in [-0.05, 0) is 83.8 Å². The molecule has 0 bridgehead atoms. The maximum Gasteiger partial charge on any atom is 0.262 e. The minimum absolute atomic E-state index is 0.0691. The maximum absolute atomic E-state index is 12.5. The van der Waals surface area contributed by atoms with Gasteiger partial charge in [0.05, 0.1) is 20.2 Å². The highest BCUT2D eigenvalue weighted by Crippen LogP contribution is 2.36. The van der Waals surface area contributed by atoms with Crippen LogP contribution in [0.5, 0.6) is 11.5 Å². The molecular weight excluding hydrogens is 562 g/mol. The third-order valence-corrected chi connectivity index (χ3v) is 6.61. The summed E-state index contributed by atoms with van der Waals surface area (Å²) in [4.78, 5) is 12.5. The van der Waals surface area contributed by atoms with Gasteiger partial charge in [-0.15, -0.1) is 0 Å². The fraction of sp³-hybridized carbons (Fsp3) is 0.333. The van der Waals surface area contributed by atoms with Crippen LogP contribution in [-0.2, 0) is 11.4 Å². The molecular formula is C24H23Cl2IN2O3. The van der Waals surface area contributed by atoms with Crippen LogP contribution >= 0.6 is 45.8 Å². The number of nitriles is 1. The first kappa shape index (κ1) is 24.7. The average Bonchev–Trinajstić information content (AvgIpc) is 3.27. The maximum atomic E-state index is 12.5. The summed E-state index contributed by atoms with van der Waals surface area (Å²) in [6.45, 7) is 2.61. The van der Waals surface area contributed by atoms with E-state index in [2.05, 4.69) is 27.9 Å². The van der Waals surface area contributed by atoms with Crippen molar-refractivity contribution in [1.82, 2.24) is 5.32 Å². The summed E-state index contributed by atoms with van der Waals surface area (Å²) in [5, 5.41) is 13.4. The highest BCUT2D eigenvalue weighted by Gasteiger charge is 2.20. The molecule has 2 aromatic carbocycles. The summed E-state index contributed by atoms with van der Waals surface area (Å²) in [5.41, 5.74) is 1.63. The Morgan fingerprint density at radius 2 is 1.97 bits per heavy atom. The number of ether oxygens (including phenoxy) is 2. The first-order chi connectivity index (χ1) is 15.4. The zero-order valence-electron chi connectivity index (χ0n) is 17.6. The van der Waals surface area contributed by atoms with E-state index >= 15 is 0 Å². The third-order valence-electron chi connectivity index (χ3n) is 5.07. The van der Waals surface area contributed by atoms with Crippen molar-refractivity contribution < 1.29 is 14.3 Å². The Balaban J connectivity index is 1.81. The van der Waals surface area contributed by atoms with Crippen LogP contribution in [0, 0.1) is 14.9 Å². The molecule has 0 aliphatic heterocycles. The van der Waals surface area contributed by atoms with E-state index in [1.54, 1.807) is 24.3 Å². The number of halogens is 3. The van der Waals surface area contributed by atoms with Crippen molar-refractivity contribution in [2.75, 3.05) is 6.61 Å². The molecule has 2 aromatic rings. The van der Waals surface area contributed by atoms with Crippen molar-refractivity contribution in [1.29, 1.82) is 5.26 Å². The Bertz CT molecular complexity index is 1060.